The first-order chi connectivity index (χ1) is 19.1. The minimum Gasteiger partial charge on any atom is -0.478 e. The van der Waals surface area contributed by atoms with Crippen molar-refractivity contribution in [3.8, 4) is 11.5 Å². The first-order valence-electron chi connectivity index (χ1n) is 12.5. The van der Waals surface area contributed by atoms with Gasteiger partial charge in [0.15, 0.2) is 0 Å². The number of fused-ring (bicyclic) bond motifs is 2. The first-order valence-corrected chi connectivity index (χ1v) is 12.5. The Hall–Kier alpha value is -5.12. The summed E-state index contributed by atoms with van der Waals surface area (Å²) in [6.45, 7) is 2.01. The lowest BCUT2D eigenvalue weighted by Gasteiger charge is -2.23. The van der Waals surface area contributed by atoms with E-state index in [1.165, 1.54) is 48.5 Å². The molecule has 0 aliphatic heterocycles. The highest BCUT2D eigenvalue weighted by Crippen LogP contribution is 2.32. The van der Waals surface area contributed by atoms with Crippen molar-refractivity contribution >= 4 is 45.4 Å². The molecule has 0 amide bonds. The van der Waals surface area contributed by atoms with Crippen LogP contribution in [-0.4, -0.2) is 50.6 Å². The molecule has 0 heterocycles. The zero-order valence-electron chi connectivity index (χ0n) is 21.4. The van der Waals surface area contributed by atoms with E-state index in [0.29, 0.717) is 34.4 Å². The minimum absolute atomic E-state index is 0.00580. The molecule has 0 saturated carbocycles. The Morgan fingerprint density at radius 2 is 1.05 bits per heavy atom. The van der Waals surface area contributed by atoms with Gasteiger partial charge in [-0.05, 0) is 76.5 Å². The fourth-order valence-electron chi connectivity index (χ4n) is 4.34. The van der Waals surface area contributed by atoms with Gasteiger partial charge < -0.3 is 29.9 Å². The topological polar surface area (TPSA) is 168 Å². The van der Waals surface area contributed by atoms with Gasteiger partial charge >= 0.3 is 23.9 Å². The summed E-state index contributed by atoms with van der Waals surface area (Å²) in [5.41, 5.74) is -0.410. The van der Waals surface area contributed by atoms with Gasteiger partial charge in [0.05, 0.1) is 11.1 Å². The molecule has 4 aromatic carbocycles. The quantitative estimate of drug-likeness (QED) is 0.119. The number of carboxylic acids is 4. The number of rotatable bonds is 12. The predicted octanol–water partition coefficient (Wildman–Crippen LogP) is 6.15. The number of benzene rings is 4. The van der Waals surface area contributed by atoms with E-state index >= 15 is 0 Å². The van der Waals surface area contributed by atoms with Crippen LogP contribution in [0.1, 0.15) is 74.0 Å². The molecule has 0 bridgehead atoms. The van der Waals surface area contributed by atoms with Gasteiger partial charge in [0, 0.05) is 6.42 Å². The van der Waals surface area contributed by atoms with Gasteiger partial charge in [0.1, 0.15) is 22.6 Å². The van der Waals surface area contributed by atoms with Gasteiger partial charge in [-0.15, -0.1) is 0 Å². The fourth-order valence-corrected chi connectivity index (χ4v) is 4.34. The van der Waals surface area contributed by atoms with Gasteiger partial charge in [0.25, 0.3) is 0 Å². The second kappa shape index (κ2) is 11.7. The number of carbonyl (C=O) groups is 4. The lowest BCUT2D eigenvalue weighted by molar-refractivity contribution is -0.00386. The summed E-state index contributed by atoms with van der Waals surface area (Å²) in [7, 11) is 0. The SMILES string of the molecule is CCCCCC(Oc1cc2ccc(C(=O)O)cc2cc1C(=O)O)Oc1cc2ccc(C(=O)O)cc2cc1C(=O)O. The standard InChI is InChI=1S/C30H26O10/c1-2-3-4-5-26(39-24-14-16-6-8-18(27(31)32)10-20(16)12-22(24)29(35)36)40-25-15-17-7-9-19(28(33)34)11-21(17)13-23(25)30(37)38/h6-15,26H,2-5H2,1H3,(H,31,32)(H,33,34)(H,35,36)(H,37,38). The lowest BCUT2D eigenvalue weighted by Crippen LogP contribution is -2.26. The maximum Gasteiger partial charge on any atom is 0.339 e. The van der Waals surface area contributed by atoms with Crippen LogP contribution in [0.3, 0.4) is 0 Å². The van der Waals surface area contributed by atoms with Gasteiger partial charge in [-0.2, -0.15) is 0 Å². The van der Waals surface area contributed by atoms with Crippen molar-refractivity contribution in [1.29, 1.82) is 0 Å². The molecule has 4 aromatic rings. The number of ether oxygens (including phenoxy) is 2. The van der Waals surface area contributed by atoms with Crippen LogP contribution >= 0.6 is 0 Å². The van der Waals surface area contributed by atoms with E-state index in [4.69, 9.17) is 9.47 Å². The summed E-state index contributed by atoms with van der Waals surface area (Å²) in [4.78, 5) is 46.9. The van der Waals surface area contributed by atoms with Crippen LogP contribution in [-0.2, 0) is 0 Å². The van der Waals surface area contributed by atoms with E-state index in [1.54, 1.807) is 12.1 Å². The molecular formula is C30H26O10. The van der Waals surface area contributed by atoms with E-state index in [-0.39, 0.29) is 33.8 Å². The third-order valence-corrected chi connectivity index (χ3v) is 6.39. The van der Waals surface area contributed by atoms with Gasteiger partial charge in [-0.1, -0.05) is 31.9 Å². The second-order valence-corrected chi connectivity index (χ2v) is 9.20. The predicted molar refractivity (Wildman–Crippen MR) is 145 cm³/mol. The normalized spacial score (nSPS) is 11.1. The Morgan fingerprint density at radius 1 is 0.600 bits per heavy atom. The summed E-state index contributed by atoms with van der Waals surface area (Å²) in [5.74, 6) is -4.92. The molecule has 0 saturated heterocycles. The van der Waals surface area contributed by atoms with Crippen LogP contribution in [0.2, 0.25) is 0 Å². The summed E-state index contributed by atoms with van der Waals surface area (Å²) < 4.78 is 12.1. The van der Waals surface area contributed by atoms with Crippen molar-refractivity contribution in [2.75, 3.05) is 0 Å². The molecule has 10 heteroatoms. The van der Waals surface area contributed by atoms with Gasteiger partial charge in [-0.3, -0.25) is 0 Å². The van der Waals surface area contributed by atoms with E-state index < -0.39 is 30.2 Å². The van der Waals surface area contributed by atoms with E-state index in [0.717, 1.165) is 12.8 Å². The average Bonchev–Trinajstić information content (AvgIpc) is 2.91. The Bertz CT molecular complexity index is 1520. The zero-order valence-corrected chi connectivity index (χ0v) is 21.4. The van der Waals surface area contributed by atoms with Crippen molar-refractivity contribution in [3.05, 3.63) is 82.9 Å². The molecule has 4 N–H and O–H groups in total. The summed E-state index contributed by atoms with van der Waals surface area (Å²) in [5, 5.41) is 40.2. The molecule has 0 aliphatic carbocycles. The largest absolute Gasteiger partial charge is 0.478 e. The Kier molecular flexibility index (Phi) is 8.18. The van der Waals surface area contributed by atoms with Gasteiger partial charge in [-0.25, -0.2) is 19.2 Å². The maximum atomic E-state index is 12.1. The fraction of sp³-hybridized carbons (Fsp3) is 0.200. The Balaban J connectivity index is 1.75. The van der Waals surface area contributed by atoms with E-state index in [1.807, 2.05) is 6.92 Å². The van der Waals surface area contributed by atoms with Crippen molar-refractivity contribution in [1.82, 2.24) is 0 Å². The molecule has 0 spiro atoms. The molecule has 10 nitrogen and oxygen atoms in total. The Morgan fingerprint density at radius 3 is 1.43 bits per heavy atom. The monoisotopic (exact) mass is 546 g/mol. The second-order valence-electron chi connectivity index (χ2n) is 9.20. The highest BCUT2D eigenvalue weighted by molar-refractivity contribution is 6.01. The molecule has 0 aliphatic rings. The molecule has 0 aromatic heterocycles. The Labute approximate surface area is 228 Å². The van der Waals surface area contributed by atoms with Crippen molar-refractivity contribution < 1.29 is 49.1 Å². The highest BCUT2D eigenvalue weighted by atomic mass is 16.7. The van der Waals surface area contributed by atoms with E-state index in [9.17, 15) is 39.6 Å². The number of carboxylic acid groups (broad SMARTS) is 4. The molecular weight excluding hydrogens is 520 g/mol. The van der Waals surface area contributed by atoms with Crippen molar-refractivity contribution in [2.45, 2.75) is 38.9 Å². The van der Waals surface area contributed by atoms with Crippen LogP contribution in [0.5, 0.6) is 11.5 Å². The number of hydrogen-bond donors (Lipinski definition) is 4. The van der Waals surface area contributed by atoms with Crippen LogP contribution < -0.4 is 9.47 Å². The average molecular weight is 547 g/mol. The van der Waals surface area contributed by atoms with Crippen LogP contribution in [0, 0.1) is 0 Å². The molecule has 0 unspecified atom stereocenters. The smallest absolute Gasteiger partial charge is 0.339 e. The summed E-state index contributed by atoms with van der Waals surface area (Å²) >= 11 is 0. The van der Waals surface area contributed by atoms with Crippen LogP contribution in [0.15, 0.2) is 60.7 Å². The first kappa shape index (κ1) is 27.9. The zero-order chi connectivity index (χ0) is 29.0. The molecule has 0 radical (unpaired) electrons. The minimum atomic E-state index is -1.30. The summed E-state index contributed by atoms with van der Waals surface area (Å²) in [6, 6.07) is 14.2. The number of hydrogen-bond acceptors (Lipinski definition) is 6. The van der Waals surface area contributed by atoms with Crippen LogP contribution in [0.25, 0.3) is 21.5 Å². The van der Waals surface area contributed by atoms with Crippen LogP contribution in [0.4, 0.5) is 0 Å². The highest BCUT2D eigenvalue weighted by Gasteiger charge is 2.22. The summed E-state index contributed by atoms with van der Waals surface area (Å²) in [6.07, 6.45) is 1.62. The number of unbranched alkanes of at least 4 members (excludes halogenated alkanes) is 2. The van der Waals surface area contributed by atoms with Crippen molar-refractivity contribution in [3.63, 3.8) is 0 Å². The lowest BCUT2D eigenvalue weighted by atomic mass is 10.0. The van der Waals surface area contributed by atoms with Crippen molar-refractivity contribution in [2.24, 2.45) is 0 Å². The molecule has 206 valence electrons. The molecule has 0 fully saturated rings. The molecule has 0 atom stereocenters. The molecule has 4 rings (SSSR count). The van der Waals surface area contributed by atoms with Gasteiger partial charge in [0.2, 0.25) is 6.29 Å². The number of aromatic carboxylic acids is 4. The third kappa shape index (κ3) is 6.12. The maximum absolute atomic E-state index is 12.1. The third-order valence-electron chi connectivity index (χ3n) is 6.39. The molecule has 40 heavy (non-hydrogen) atoms. The van der Waals surface area contributed by atoms with E-state index in [2.05, 4.69) is 0 Å².